The fraction of sp³-hybridized carbons (Fsp3) is 0.529. The van der Waals surface area contributed by atoms with Gasteiger partial charge in [0.15, 0.2) is 0 Å². The van der Waals surface area contributed by atoms with E-state index in [9.17, 15) is 14.7 Å². The Morgan fingerprint density at radius 3 is 2.96 bits per heavy atom. The SMILES string of the molecule is Cc1cc(Cl)ccc1C(=O)N1CC[C@H](O)[C@@]2(CCCNC2=O)C1. The van der Waals surface area contributed by atoms with Crippen molar-refractivity contribution in [3.8, 4) is 0 Å². The Hall–Kier alpha value is -1.59. The molecule has 0 unspecified atom stereocenters. The Labute approximate surface area is 140 Å². The smallest absolute Gasteiger partial charge is 0.254 e. The van der Waals surface area contributed by atoms with E-state index in [-0.39, 0.29) is 18.4 Å². The number of nitrogens with one attached hydrogen (secondary N) is 1. The summed E-state index contributed by atoms with van der Waals surface area (Å²) in [6.45, 7) is 3.20. The zero-order valence-electron chi connectivity index (χ0n) is 13.1. The van der Waals surface area contributed by atoms with Gasteiger partial charge in [-0.25, -0.2) is 0 Å². The summed E-state index contributed by atoms with van der Waals surface area (Å²) >= 11 is 5.95. The van der Waals surface area contributed by atoms with Crippen LogP contribution in [0.5, 0.6) is 0 Å². The van der Waals surface area contributed by atoms with E-state index < -0.39 is 11.5 Å². The van der Waals surface area contributed by atoms with Crippen LogP contribution in [0.3, 0.4) is 0 Å². The maximum atomic E-state index is 12.8. The van der Waals surface area contributed by atoms with Gasteiger partial charge in [0.05, 0.1) is 11.5 Å². The van der Waals surface area contributed by atoms with Gasteiger partial charge in [-0.3, -0.25) is 9.59 Å². The molecule has 2 aliphatic rings. The Bertz CT molecular complexity index is 649. The highest BCUT2D eigenvalue weighted by Gasteiger charge is 2.50. The van der Waals surface area contributed by atoms with Gasteiger partial charge in [-0.15, -0.1) is 0 Å². The van der Waals surface area contributed by atoms with Gasteiger partial charge in [0.2, 0.25) is 5.91 Å². The number of rotatable bonds is 1. The quantitative estimate of drug-likeness (QED) is 0.821. The molecule has 1 aromatic rings. The number of aliphatic hydroxyl groups is 1. The van der Waals surface area contributed by atoms with Crippen LogP contribution in [-0.4, -0.2) is 47.6 Å². The van der Waals surface area contributed by atoms with Crippen LogP contribution in [-0.2, 0) is 4.79 Å². The molecule has 0 bridgehead atoms. The van der Waals surface area contributed by atoms with Crippen molar-refractivity contribution in [1.82, 2.24) is 10.2 Å². The molecule has 2 amide bonds. The zero-order chi connectivity index (χ0) is 16.6. The third-order valence-electron chi connectivity index (χ3n) is 5.03. The van der Waals surface area contributed by atoms with Gasteiger partial charge in [0, 0.05) is 30.2 Å². The lowest BCUT2D eigenvalue weighted by Crippen LogP contribution is -2.62. The summed E-state index contributed by atoms with van der Waals surface area (Å²) in [4.78, 5) is 26.9. The normalized spacial score (nSPS) is 27.9. The predicted molar refractivity (Wildman–Crippen MR) is 87.4 cm³/mol. The molecule has 124 valence electrons. The van der Waals surface area contributed by atoms with Gasteiger partial charge < -0.3 is 15.3 Å². The first-order valence-electron chi connectivity index (χ1n) is 7.96. The van der Waals surface area contributed by atoms with Crippen LogP contribution in [0, 0.1) is 12.3 Å². The first-order valence-corrected chi connectivity index (χ1v) is 8.34. The van der Waals surface area contributed by atoms with Crippen molar-refractivity contribution in [3.63, 3.8) is 0 Å². The Kier molecular flexibility index (Phi) is 4.34. The minimum absolute atomic E-state index is 0.108. The molecule has 2 fully saturated rings. The van der Waals surface area contributed by atoms with Gasteiger partial charge in [0.1, 0.15) is 0 Å². The van der Waals surface area contributed by atoms with Crippen LogP contribution in [0.1, 0.15) is 35.2 Å². The molecule has 0 radical (unpaired) electrons. The molecular weight excluding hydrogens is 316 g/mol. The number of aliphatic hydroxyl groups excluding tert-OH is 1. The highest BCUT2D eigenvalue weighted by atomic mass is 35.5. The lowest BCUT2D eigenvalue weighted by molar-refractivity contribution is -0.147. The lowest BCUT2D eigenvalue weighted by atomic mass is 9.71. The third kappa shape index (κ3) is 2.83. The maximum Gasteiger partial charge on any atom is 0.254 e. The molecule has 6 heteroatoms. The largest absolute Gasteiger partial charge is 0.392 e. The van der Waals surface area contributed by atoms with Gasteiger partial charge in [0.25, 0.3) is 5.91 Å². The summed E-state index contributed by atoms with van der Waals surface area (Å²) in [6.07, 6.45) is 1.16. The van der Waals surface area contributed by atoms with Gasteiger partial charge in [-0.1, -0.05) is 11.6 Å². The monoisotopic (exact) mass is 336 g/mol. The second-order valence-corrected chi connectivity index (χ2v) is 6.94. The second kappa shape index (κ2) is 6.13. The van der Waals surface area contributed by atoms with E-state index in [2.05, 4.69) is 5.32 Å². The Morgan fingerprint density at radius 2 is 2.26 bits per heavy atom. The number of carbonyl (C=O) groups is 2. The molecule has 0 aliphatic carbocycles. The fourth-order valence-electron chi connectivity index (χ4n) is 3.65. The van der Waals surface area contributed by atoms with Crippen molar-refractivity contribution in [2.45, 2.75) is 32.3 Å². The molecule has 2 aliphatic heterocycles. The summed E-state index contributed by atoms with van der Waals surface area (Å²) in [5.74, 6) is -0.245. The average molecular weight is 337 g/mol. The van der Waals surface area contributed by atoms with Crippen molar-refractivity contribution < 1.29 is 14.7 Å². The Morgan fingerprint density at radius 1 is 1.48 bits per heavy atom. The zero-order valence-corrected chi connectivity index (χ0v) is 13.9. The van der Waals surface area contributed by atoms with Crippen LogP contribution in [0.25, 0.3) is 0 Å². The minimum atomic E-state index is -0.869. The van der Waals surface area contributed by atoms with Crippen LogP contribution < -0.4 is 5.32 Å². The van der Waals surface area contributed by atoms with Crippen LogP contribution in [0.2, 0.25) is 5.02 Å². The van der Waals surface area contributed by atoms with Gasteiger partial charge in [-0.05, 0) is 49.9 Å². The maximum absolute atomic E-state index is 12.8. The van der Waals surface area contributed by atoms with Crippen molar-refractivity contribution in [2.75, 3.05) is 19.6 Å². The van der Waals surface area contributed by atoms with E-state index in [4.69, 9.17) is 11.6 Å². The number of carbonyl (C=O) groups excluding carboxylic acids is 2. The third-order valence-corrected chi connectivity index (χ3v) is 5.26. The predicted octanol–water partition coefficient (Wildman–Crippen LogP) is 1.75. The van der Waals surface area contributed by atoms with E-state index in [1.807, 2.05) is 6.92 Å². The molecule has 2 heterocycles. The first-order chi connectivity index (χ1) is 10.9. The number of aryl methyl sites for hydroxylation is 1. The number of hydrogen-bond acceptors (Lipinski definition) is 3. The molecule has 2 saturated heterocycles. The second-order valence-electron chi connectivity index (χ2n) is 6.51. The average Bonchev–Trinajstić information content (AvgIpc) is 2.52. The number of amides is 2. The highest BCUT2D eigenvalue weighted by molar-refractivity contribution is 6.30. The summed E-state index contributed by atoms with van der Waals surface area (Å²) < 4.78 is 0. The van der Waals surface area contributed by atoms with Crippen molar-refractivity contribution in [3.05, 3.63) is 34.3 Å². The van der Waals surface area contributed by atoms with E-state index in [0.717, 1.165) is 12.0 Å². The van der Waals surface area contributed by atoms with E-state index >= 15 is 0 Å². The number of likely N-dealkylation sites (tertiary alicyclic amines) is 1. The molecule has 5 nitrogen and oxygen atoms in total. The lowest BCUT2D eigenvalue weighted by Gasteiger charge is -2.46. The first kappa shape index (κ1) is 16.3. The number of nitrogens with zero attached hydrogens (tertiary/aromatic N) is 1. The van der Waals surface area contributed by atoms with Crippen LogP contribution in [0.4, 0.5) is 0 Å². The molecule has 2 N–H and O–H groups in total. The number of hydrogen-bond donors (Lipinski definition) is 2. The topological polar surface area (TPSA) is 69.6 Å². The Balaban J connectivity index is 1.86. The van der Waals surface area contributed by atoms with E-state index in [1.165, 1.54) is 0 Å². The summed E-state index contributed by atoms with van der Waals surface area (Å²) in [5.41, 5.74) is 0.542. The molecule has 23 heavy (non-hydrogen) atoms. The molecular formula is C17H21ClN2O3. The van der Waals surface area contributed by atoms with Gasteiger partial charge >= 0.3 is 0 Å². The van der Waals surface area contributed by atoms with Crippen LogP contribution in [0.15, 0.2) is 18.2 Å². The minimum Gasteiger partial charge on any atom is -0.392 e. The number of piperidine rings is 2. The van der Waals surface area contributed by atoms with Crippen molar-refractivity contribution >= 4 is 23.4 Å². The fourth-order valence-corrected chi connectivity index (χ4v) is 3.88. The van der Waals surface area contributed by atoms with Crippen molar-refractivity contribution in [1.29, 1.82) is 0 Å². The number of benzene rings is 1. The molecule has 0 aromatic heterocycles. The molecule has 0 saturated carbocycles. The summed E-state index contributed by atoms with van der Waals surface area (Å²) in [6, 6.07) is 5.18. The summed E-state index contributed by atoms with van der Waals surface area (Å²) in [7, 11) is 0. The highest BCUT2D eigenvalue weighted by Crippen LogP contribution is 2.37. The number of halogens is 1. The summed E-state index contributed by atoms with van der Waals surface area (Å²) in [5, 5.41) is 13.8. The van der Waals surface area contributed by atoms with Gasteiger partial charge in [-0.2, -0.15) is 0 Å². The van der Waals surface area contributed by atoms with E-state index in [0.29, 0.717) is 36.5 Å². The molecule has 2 atom stereocenters. The molecule has 1 spiro atoms. The standard InChI is InChI=1S/C17H21ClN2O3/c1-11-9-12(18)3-4-13(11)15(22)20-8-5-14(21)17(10-20)6-2-7-19-16(17)23/h3-4,9,14,21H,2,5-8,10H2,1H3,(H,19,23)/t14-,17+/m0/s1. The van der Waals surface area contributed by atoms with Crippen molar-refractivity contribution in [2.24, 2.45) is 5.41 Å². The van der Waals surface area contributed by atoms with E-state index in [1.54, 1.807) is 23.1 Å². The molecule has 3 rings (SSSR count). The van der Waals surface area contributed by atoms with Crippen LogP contribution >= 0.6 is 11.6 Å². The molecule has 1 aromatic carbocycles.